The highest BCUT2D eigenvalue weighted by atomic mass is 16.5. The minimum Gasteiger partial charge on any atom is -0.464 e. The van der Waals surface area contributed by atoms with Gasteiger partial charge in [-0.1, -0.05) is 26.7 Å². The lowest BCUT2D eigenvalue weighted by Gasteiger charge is -2.36. The number of rotatable bonds is 11. The Hall–Kier alpha value is -6.49. The number of nitriles is 1. The molecule has 1 saturated carbocycles. The summed E-state index contributed by atoms with van der Waals surface area (Å²) >= 11 is 0. The summed E-state index contributed by atoms with van der Waals surface area (Å²) in [5.74, 6) is -0.984. The third-order valence-corrected chi connectivity index (χ3v) is 13.1. The minimum absolute atomic E-state index is 0.00168. The lowest BCUT2D eigenvalue weighted by Crippen LogP contribution is -2.61. The van der Waals surface area contributed by atoms with Crippen LogP contribution in [0.4, 0.5) is 4.79 Å². The Bertz CT molecular complexity index is 2660. The SMILES string of the molecule is CCn1c(-c2cccnc2[C@H](C)OC)c2c3cc(ccc31)-c1cnc(o1)C[C@H](NC(=O)[C@@H](OCCN(C)C(=O)n1cnnc1C#N)C1CCCC1)C(=O)N1CCC[C@H](N1)C(=O)OCC(C)(C)C2. The first-order chi connectivity index (χ1) is 32.3. The number of carbonyl (C=O) groups excluding carboxylic acids is 4. The second-order valence-corrected chi connectivity index (χ2v) is 18.4. The number of hydrogen-bond donors (Lipinski definition) is 2. The van der Waals surface area contributed by atoms with Crippen LogP contribution in [0.3, 0.4) is 0 Å². The first kappa shape index (κ1) is 47.0. The summed E-state index contributed by atoms with van der Waals surface area (Å²) in [6, 6.07) is 9.52. The van der Waals surface area contributed by atoms with E-state index in [4.69, 9.17) is 23.6 Å². The highest BCUT2D eigenvalue weighted by Gasteiger charge is 2.39. The molecule has 19 nitrogen and oxygen atoms in total. The van der Waals surface area contributed by atoms with Gasteiger partial charge < -0.3 is 33.4 Å². The topological polar surface area (TPSA) is 225 Å². The fourth-order valence-corrected chi connectivity index (χ4v) is 9.55. The van der Waals surface area contributed by atoms with Crippen LogP contribution in [0.25, 0.3) is 33.5 Å². The molecule has 1 aliphatic carbocycles. The van der Waals surface area contributed by atoms with Gasteiger partial charge in [0.15, 0.2) is 11.7 Å². The number of methoxy groups -OCH3 is 1. The molecule has 3 aliphatic rings. The number of likely N-dealkylation sites (N-methyl/N-ethyl adjacent to an activating group) is 1. The van der Waals surface area contributed by atoms with Gasteiger partial charge in [-0.05, 0) is 87.8 Å². The summed E-state index contributed by atoms with van der Waals surface area (Å²) in [5.41, 5.74) is 8.21. The number of oxazole rings is 1. The van der Waals surface area contributed by atoms with E-state index in [9.17, 15) is 24.4 Å². The Morgan fingerprint density at radius 2 is 1.94 bits per heavy atom. The Balaban J connectivity index is 1.13. The molecule has 6 heterocycles. The van der Waals surface area contributed by atoms with Crippen LogP contribution in [-0.2, 0) is 48.0 Å². The molecule has 6 bridgehead atoms. The highest BCUT2D eigenvalue weighted by molar-refractivity contribution is 5.95. The van der Waals surface area contributed by atoms with Crippen LogP contribution in [0.2, 0.25) is 0 Å². The standard InChI is InChI=1S/C48H59N11O8/c1-7-57-37-17-16-31-22-33(37)34(42(57)32-14-10-18-50-41(32)29(2)64-6)24-48(3,4)27-66-46(62)35-15-11-19-59(55-35)45(61)36(23-40-51-26-38(31)67-40)53-44(60)43(30-12-8-9-13-30)65-21-20-56(5)47(63)58-28-52-54-39(58)25-49/h10,14,16-18,22,26,28-30,35-36,43,55H,7-9,11-13,15,19-21,23-24,27H2,1-6H3,(H,53,60)/t29-,35-,36-,43-/m0/s1. The number of nitrogens with one attached hydrogen (secondary N) is 2. The molecule has 4 atom stereocenters. The van der Waals surface area contributed by atoms with E-state index >= 15 is 0 Å². The molecule has 2 aliphatic heterocycles. The van der Waals surface area contributed by atoms with Gasteiger partial charge in [0.2, 0.25) is 11.7 Å². The predicted octanol–water partition coefficient (Wildman–Crippen LogP) is 5.37. The van der Waals surface area contributed by atoms with E-state index in [0.29, 0.717) is 31.6 Å². The summed E-state index contributed by atoms with van der Waals surface area (Å²) in [4.78, 5) is 66.7. The van der Waals surface area contributed by atoms with Crippen molar-refractivity contribution in [3.8, 4) is 28.7 Å². The van der Waals surface area contributed by atoms with E-state index in [1.807, 2.05) is 25.1 Å². The van der Waals surface area contributed by atoms with Crippen molar-refractivity contribution in [2.24, 2.45) is 11.3 Å². The fourth-order valence-electron chi connectivity index (χ4n) is 9.55. The van der Waals surface area contributed by atoms with Crippen LogP contribution >= 0.6 is 0 Å². The number of aryl methyl sites for hydroxylation is 1. The Kier molecular flexibility index (Phi) is 14.2. The zero-order valence-electron chi connectivity index (χ0n) is 39.0. The summed E-state index contributed by atoms with van der Waals surface area (Å²) in [5, 5.41) is 22.0. The first-order valence-electron chi connectivity index (χ1n) is 23.1. The van der Waals surface area contributed by atoms with Crippen LogP contribution in [-0.4, -0.2) is 122 Å². The Morgan fingerprint density at radius 1 is 1.13 bits per heavy atom. The zero-order valence-corrected chi connectivity index (χ0v) is 39.0. The highest BCUT2D eigenvalue weighted by Crippen LogP contribution is 2.42. The average Bonchev–Trinajstić information content (AvgIpc) is 4.18. The monoisotopic (exact) mass is 917 g/mol. The molecule has 0 radical (unpaired) electrons. The van der Waals surface area contributed by atoms with Crippen molar-refractivity contribution in [1.29, 1.82) is 5.26 Å². The molecule has 1 aromatic carbocycles. The van der Waals surface area contributed by atoms with Gasteiger partial charge in [0.1, 0.15) is 30.6 Å². The molecule has 5 aromatic rings. The molecule has 67 heavy (non-hydrogen) atoms. The molecule has 1 saturated heterocycles. The summed E-state index contributed by atoms with van der Waals surface area (Å²) in [6.07, 6.45) is 8.14. The van der Waals surface area contributed by atoms with Crippen molar-refractivity contribution in [2.45, 2.75) is 110 Å². The number of hydrogen-bond acceptors (Lipinski definition) is 14. The molecule has 4 aromatic heterocycles. The van der Waals surface area contributed by atoms with E-state index < -0.39 is 47.4 Å². The van der Waals surface area contributed by atoms with Gasteiger partial charge in [-0.3, -0.25) is 24.4 Å². The molecule has 2 N–H and O–H groups in total. The van der Waals surface area contributed by atoms with Gasteiger partial charge in [0.05, 0.1) is 43.3 Å². The van der Waals surface area contributed by atoms with Gasteiger partial charge >= 0.3 is 12.0 Å². The molecule has 0 unspecified atom stereocenters. The first-order valence-corrected chi connectivity index (χ1v) is 23.1. The van der Waals surface area contributed by atoms with Crippen LogP contribution in [0.15, 0.2) is 53.5 Å². The average molecular weight is 918 g/mol. The number of amides is 3. The number of aromatic nitrogens is 6. The molecule has 354 valence electrons. The number of carbonyl (C=O) groups is 4. The van der Waals surface area contributed by atoms with E-state index in [-0.39, 0.29) is 56.5 Å². The van der Waals surface area contributed by atoms with Gasteiger partial charge in [-0.15, -0.1) is 10.2 Å². The summed E-state index contributed by atoms with van der Waals surface area (Å²) in [7, 11) is 3.22. The number of benzene rings is 1. The van der Waals surface area contributed by atoms with Gasteiger partial charge in [0.25, 0.3) is 5.91 Å². The molecular weight excluding hydrogens is 859 g/mol. The normalized spacial score (nSPS) is 19.9. The number of ether oxygens (including phenoxy) is 3. The number of nitrogens with zero attached hydrogens (tertiary/aromatic N) is 9. The Labute approximate surface area is 389 Å². The Morgan fingerprint density at radius 3 is 2.70 bits per heavy atom. The summed E-state index contributed by atoms with van der Waals surface area (Å²) < 4.78 is 27.9. The van der Waals surface area contributed by atoms with E-state index in [1.165, 1.54) is 16.2 Å². The smallest absolute Gasteiger partial charge is 0.331 e. The zero-order chi connectivity index (χ0) is 47.4. The van der Waals surface area contributed by atoms with E-state index in [0.717, 1.165) is 69.2 Å². The van der Waals surface area contributed by atoms with Gasteiger partial charge in [0, 0.05) is 67.4 Å². The maximum absolute atomic E-state index is 14.6. The van der Waals surface area contributed by atoms with E-state index in [1.54, 1.807) is 26.6 Å². The predicted molar refractivity (Wildman–Crippen MR) is 244 cm³/mol. The van der Waals surface area contributed by atoms with Crippen LogP contribution in [0, 0.1) is 22.7 Å². The lowest BCUT2D eigenvalue weighted by molar-refractivity contribution is -0.156. The molecule has 19 heteroatoms. The van der Waals surface area contributed by atoms with Gasteiger partial charge in [-0.2, -0.15) is 5.26 Å². The van der Waals surface area contributed by atoms with Crippen molar-refractivity contribution >= 4 is 34.7 Å². The fraction of sp³-hybridized carbons (Fsp3) is 0.521. The number of fused-ring (bicyclic) bond motifs is 6. The third kappa shape index (κ3) is 9.97. The number of cyclic esters (lactones) is 1. The van der Waals surface area contributed by atoms with Crippen molar-refractivity contribution < 1.29 is 37.8 Å². The molecule has 8 rings (SSSR count). The van der Waals surface area contributed by atoms with E-state index in [2.05, 4.69) is 69.5 Å². The van der Waals surface area contributed by atoms with Gasteiger partial charge in [-0.25, -0.2) is 19.8 Å². The molecule has 2 fully saturated rings. The molecular formula is C48H59N11O8. The van der Waals surface area contributed by atoms with Crippen molar-refractivity contribution in [2.75, 3.05) is 40.5 Å². The largest absolute Gasteiger partial charge is 0.464 e. The molecule has 0 spiro atoms. The van der Waals surface area contributed by atoms with Crippen molar-refractivity contribution in [3.05, 3.63) is 72.0 Å². The summed E-state index contributed by atoms with van der Waals surface area (Å²) in [6.45, 7) is 9.43. The minimum atomic E-state index is -1.16. The lowest BCUT2D eigenvalue weighted by atomic mass is 9.84. The maximum Gasteiger partial charge on any atom is 0.331 e. The van der Waals surface area contributed by atoms with Crippen LogP contribution < -0.4 is 10.7 Å². The second kappa shape index (κ2) is 20.2. The number of esters is 1. The van der Waals surface area contributed by atoms with Crippen LogP contribution in [0.5, 0.6) is 0 Å². The molecule has 3 amide bonds. The van der Waals surface area contributed by atoms with Crippen molar-refractivity contribution in [1.82, 2.24) is 50.0 Å². The second-order valence-electron chi connectivity index (χ2n) is 18.4. The van der Waals surface area contributed by atoms with Crippen LogP contribution in [0.1, 0.15) is 95.3 Å². The maximum atomic E-state index is 14.6. The number of pyridine rings is 1. The quantitative estimate of drug-likeness (QED) is 0.159. The number of hydrazine groups is 1. The van der Waals surface area contributed by atoms with Crippen molar-refractivity contribution in [3.63, 3.8) is 0 Å². The third-order valence-electron chi connectivity index (χ3n) is 13.1.